The predicted octanol–water partition coefficient (Wildman–Crippen LogP) is 4.61. The van der Waals surface area contributed by atoms with E-state index in [9.17, 15) is 10.1 Å². The molecule has 3 heterocycles. The monoisotopic (exact) mass is 467 g/mol. The number of nitrogens with zero attached hydrogens (tertiary/aromatic N) is 5. The molecule has 0 aliphatic rings. The van der Waals surface area contributed by atoms with E-state index in [1.165, 1.54) is 6.20 Å². The van der Waals surface area contributed by atoms with E-state index in [1.807, 2.05) is 49.4 Å². The number of halogens is 1. The molecule has 5 aromatic rings. The van der Waals surface area contributed by atoms with Crippen molar-refractivity contribution in [2.24, 2.45) is 0 Å². The molecule has 0 saturated heterocycles. The van der Waals surface area contributed by atoms with Crippen LogP contribution >= 0.6 is 11.6 Å². The van der Waals surface area contributed by atoms with Gasteiger partial charge in [0.05, 0.1) is 33.9 Å². The lowest BCUT2D eigenvalue weighted by molar-refractivity contribution is 0.773. The summed E-state index contributed by atoms with van der Waals surface area (Å²) in [7, 11) is 0. The highest BCUT2D eigenvalue weighted by Crippen LogP contribution is 2.28. The van der Waals surface area contributed by atoms with Crippen molar-refractivity contribution in [1.82, 2.24) is 19.5 Å². The Balaban J connectivity index is 1.74. The number of nitrogens with one attached hydrogen (secondary N) is 1. The maximum atomic E-state index is 13.8. The fourth-order valence-electron chi connectivity index (χ4n) is 3.98. The highest BCUT2D eigenvalue weighted by Gasteiger charge is 2.19. The lowest BCUT2D eigenvalue weighted by Gasteiger charge is -2.22. The zero-order chi connectivity index (χ0) is 23.8. The molecule has 166 valence electrons. The summed E-state index contributed by atoms with van der Waals surface area (Å²) in [6.45, 7) is 1.88. The molecule has 0 radical (unpaired) electrons. The van der Waals surface area contributed by atoms with Crippen molar-refractivity contribution in [2.45, 2.75) is 13.0 Å². The van der Waals surface area contributed by atoms with Crippen LogP contribution in [0.4, 0.5) is 11.8 Å². The van der Waals surface area contributed by atoms with Gasteiger partial charge >= 0.3 is 0 Å². The van der Waals surface area contributed by atoms with Gasteiger partial charge in [0.25, 0.3) is 5.56 Å². The van der Waals surface area contributed by atoms with E-state index in [1.54, 1.807) is 22.9 Å². The number of fused-ring (bicyclic) bond motifs is 2. The Kier molecular flexibility index (Phi) is 5.32. The molecule has 3 aromatic heterocycles. The molecule has 9 heteroatoms. The average molecular weight is 468 g/mol. The minimum Gasteiger partial charge on any atom is -0.368 e. The Morgan fingerprint density at radius 3 is 2.76 bits per heavy atom. The normalized spacial score (nSPS) is 11.9. The molecule has 2 aromatic carbocycles. The van der Waals surface area contributed by atoms with Gasteiger partial charge in [-0.1, -0.05) is 35.9 Å². The first kappa shape index (κ1) is 21.4. The fraction of sp³-hybridized carbons (Fsp3) is 0.0800. The summed E-state index contributed by atoms with van der Waals surface area (Å²) in [5.74, 6) is 0.324. The third-order valence-electron chi connectivity index (χ3n) is 5.60. The molecule has 5 rings (SSSR count). The largest absolute Gasteiger partial charge is 0.368 e. The van der Waals surface area contributed by atoms with Crippen LogP contribution in [0.25, 0.3) is 27.4 Å². The smallest absolute Gasteiger partial charge is 0.264 e. The first-order chi connectivity index (χ1) is 16.5. The van der Waals surface area contributed by atoms with Crippen LogP contribution in [0.15, 0.2) is 71.8 Å². The highest BCUT2D eigenvalue weighted by molar-refractivity contribution is 6.35. The van der Waals surface area contributed by atoms with Gasteiger partial charge in [-0.05, 0) is 42.6 Å². The standard InChI is InChI=1S/C25H18ClN7O/c1-14(31-23-17(12-27)13-30-25(28)32-23)21-10-16-4-2-6-19(26)22(16)24(34)33(21)18-8-7-15-5-3-9-29-20(15)11-18/h2-11,13-14H,1H3,(H3,28,30,31,32). The SMILES string of the molecule is CC(Nc1nc(N)ncc1C#N)c1cc2cccc(Cl)c2c(=O)n1-c1ccc2cccnc2c1. The Hall–Kier alpha value is -4.48. The van der Waals surface area contributed by atoms with Gasteiger partial charge in [0.2, 0.25) is 5.95 Å². The molecule has 0 bridgehead atoms. The second-order valence-electron chi connectivity index (χ2n) is 7.76. The third-order valence-corrected chi connectivity index (χ3v) is 5.91. The second kappa shape index (κ2) is 8.46. The van der Waals surface area contributed by atoms with Gasteiger partial charge in [0, 0.05) is 17.3 Å². The summed E-state index contributed by atoms with van der Waals surface area (Å²) in [4.78, 5) is 26.2. The second-order valence-corrected chi connectivity index (χ2v) is 8.17. The van der Waals surface area contributed by atoms with Crippen LogP contribution in [0.2, 0.25) is 5.02 Å². The molecule has 8 nitrogen and oxygen atoms in total. The predicted molar refractivity (Wildman–Crippen MR) is 133 cm³/mol. The number of anilines is 2. The molecule has 0 aliphatic heterocycles. The molecule has 0 spiro atoms. The topological polar surface area (TPSA) is 123 Å². The first-order valence-electron chi connectivity index (χ1n) is 10.4. The molecule has 0 aliphatic carbocycles. The summed E-state index contributed by atoms with van der Waals surface area (Å²) < 4.78 is 1.61. The van der Waals surface area contributed by atoms with Gasteiger partial charge in [-0.25, -0.2) is 4.98 Å². The first-order valence-corrected chi connectivity index (χ1v) is 10.8. The minimum absolute atomic E-state index is 0.0389. The van der Waals surface area contributed by atoms with Crippen molar-refractivity contribution in [3.63, 3.8) is 0 Å². The number of nitriles is 1. The van der Waals surface area contributed by atoms with Gasteiger partial charge in [-0.15, -0.1) is 0 Å². The maximum absolute atomic E-state index is 13.8. The number of rotatable bonds is 4. The lowest BCUT2D eigenvalue weighted by Crippen LogP contribution is -2.26. The number of hydrogen-bond acceptors (Lipinski definition) is 7. The van der Waals surface area contributed by atoms with E-state index in [2.05, 4.69) is 26.3 Å². The molecule has 0 fully saturated rings. The van der Waals surface area contributed by atoms with E-state index in [0.717, 1.165) is 10.9 Å². The van der Waals surface area contributed by atoms with E-state index < -0.39 is 6.04 Å². The summed E-state index contributed by atoms with van der Waals surface area (Å²) >= 11 is 6.43. The van der Waals surface area contributed by atoms with Crippen molar-refractivity contribution in [3.8, 4) is 11.8 Å². The van der Waals surface area contributed by atoms with E-state index in [4.69, 9.17) is 17.3 Å². The Bertz CT molecular complexity index is 1670. The molecular weight excluding hydrogens is 450 g/mol. The number of aromatic nitrogens is 4. The molecule has 0 saturated carbocycles. The van der Waals surface area contributed by atoms with Crippen molar-refractivity contribution in [2.75, 3.05) is 11.1 Å². The van der Waals surface area contributed by atoms with Crippen LogP contribution in [-0.4, -0.2) is 19.5 Å². The van der Waals surface area contributed by atoms with Crippen molar-refractivity contribution in [1.29, 1.82) is 5.26 Å². The quantitative estimate of drug-likeness (QED) is 0.395. The van der Waals surface area contributed by atoms with Crippen molar-refractivity contribution in [3.05, 3.63) is 93.6 Å². The van der Waals surface area contributed by atoms with Crippen LogP contribution in [0.3, 0.4) is 0 Å². The number of pyridine rings is 2. The van der Waals surface area contributed by atoms with E-state index in [-0.39, 0.29) is 22.9 Å². The van der Waals surface area contributed by atoms with Crippen molar-refractivity contribution >= 4 is 45.0 Å². The number of nitrogen functional groups attached to an aromatic ring is 1. The lowest BCUT2D eigenvalue weighted by atomic mass is 10.1. The summed E-state index contributed by atoms with van der Waals surface area (Å²) in [6.07, 6.45) is 3.07. The summed E-state index contributed by atoms with van der Waals surface area (Å²) in [5, 5.41) is 15.1. The van der Waals surface area contributed by atoms with Gasteiger partial charge < -0.3 is 11.1 Å². The van der Waals surface area contributed by atoms with E-state index >= 15 is 0 Å². The minimum atomic E-state index is -0.433. The van der Waals surface area contributed by atoms with Gasteiger partial charge in [-0.3, -0.25) is 14.3 Å². The molecule has 1 unspecified atom stereocenters. The van der Waals surface area contributed by atoms with Crippen LogP contribution in [0, 0.1) is 11.3 Å². The van der Waals surface area contributed by atoms with E-state index in [0.29, 0.717) is 27.2 Å². The zero-order valence-electron chi connectivity index (χ0n) is 18.0. The number of nitrogens with two attached hydrogens (primary N) is 1. The van der Waals surface area contributed by atoms with Crippen LogP contribution < -0.4 is 16.6 Å². The van der Waals surface area contributed by atoms with Gasteiger partial charge in [-0.2, -0.15) is 10.2 Å². The summed E-state index contributed by atoms with van der Waals surface area (Å²) in [6, 6.07) is 18.3. The van der Waals surface area contributed by atoms with Crippen LogP contribution in [0.1, 0.15) is 24.2 Å². The van der Waals surface area contributed by atoms with Crippen LogP contribution in [-0.2, 0) is 0 Å². The molecule has 0 amide bonds. The number of benzene rings is 2. The fourth-order valence-corrected chi connectivity index (χ4v) is 4.25. The van der Waals surface area contributed by atoms with Crippen LogP contribution in [0.5, 0.6) is 0 Å². The highest BCUT2D eigenvalue weighted by atomic mass is 35.5. The zero-order valence-corrected chi connectivity index (χ0v) is 18.8. The maximum Gasteiger partial charge on any atom is 0.264 e. The molecule has 34 heavy (non-hydrogen) atoms. The summed E-state index contributed by atoms with van der Waals surface area (Å²) in [5.41, 5.74) is 7.77. The Morgan fingerprint density at radius 1 is 1.12 bits per heavy atom. The Labute approximate surface area is 199 Å². The molecular formula is C25H18ClN7O. The number of hydrogen-bond donors (Lipinski definition) is 2. The molecule has 1 atom stereocenters. The van der Waals surface area contributed by atoms with Gasteiger partial charge in [0.15, 0.2) is 0 Å². The third kappa shape index (κ3) is 3.68. The average Bonchev–Trinajstić information content (AvgIpc) is 2.83. The van der Waals surface area contributed by atoms with Gasteiger partial charge in [0.1, 0.15) is 17.5 Å². The molecule has 3 N–H and O–H groups in total. The Morgan fingerprint density at radius 2 is 1.94 bits per heavy atom. The van der Waals surface area contributed by atoms with Crippen molar-refractivity contribution < 1.29 is 0 Å².